The van der Waals surface area contributed by atoms with E-state index in [4.69, 9.17) is 4.74 Å². The molecule has 0 fully saturated rings. The molecule has 0 amide bonds. The van der Waals surface area contributed by atoms with E-state index in [1.165, 1.54) is 18.7 Å². The number of hydrogen-bond acceptors (Lipinski definition) is 1. The van der Waals surface area contributed by atoms with E-state index in [2.05, 4.69) is 6.92 Å². The van der Waals surface area contributed by atoms with Gasteiger partial charge in [-0.2, -0.15) is 0 Å². The van der Waals surface area contributed by atoms with Crippen LogP contribution >= 0.6 is 0 Å². The Balaban J connectivity index is 2.75. The first-order valence-electron chi connectivity index (χ1n) is 2.86. The normalized spacial score (nSPS) is 9.00. The average molecular weight is 138 g/mol. The molecule has 1 aromatic rings. The second kappa shape index (κ2) is 3.11. The summed E-state index contributed by atoms with van der Waals surface area (Å²) < 4.78 is 17.2. The minimum Gasteiger partial charge on any atom is -0.343 e. The second-order valence-electron chi connectivity index (χ2n) is 1.74. The SMILES string of the molecule is [CH2-][CH+]Oc1cccc(F)c1. The van der Waals surface area contributed by atoms with Gasteiger partial charge in [-0.3, -0.25) is 0 Å². The highest BCUT2D eigenvalue weighted by atomic mass is 19.1. The van der Waals surface area contributed by atoms with Crippen LogP contribution in [0.1, 0.15) is 0 Å². The fourth-order valence-corrected chi connectivity index (χ4v) is 0.637. The molecule has 0 N–H and O–H groups in total. The molecule has 0 unspecified atom stereocenters. The van der Waals surface area contributed by atoms with Gasteiger partial charge in [-0.05, 0) is 12.1 Å². The predicted molar refractivity (Wildman–Crippen MR) is 36.7 cm³/mol. The Bertz CT molecular complexity index is 210. The molecule has 10 heavy (non-hydrogen) atoms. The van der Waals surface area contributed by atoms with Crippen LogP contribution in [-0.2, 0) is 0 Å². The average Bonchev–Trinajstić information content (AvgIpc) is 1.88. The molecule has 0 heterocycles. The molecule has 0 aliphatic rings. The Morgan fingerprint density at radius 3 is 2.90 bits per heavy atom. The molecule has 0 bridgehead atoms. The third-order valence-corrected chi connectivity index (χ3v) is 1.02. The van der Waals surface area contributed by atoms with Crippen molar-refractivity contribution in [1.29, 1.82) is 0 Å². The fourth-order valence-electron chi connectivity index (χ4n) is 0.637. The summed E-state index contributed by atoms with van der Waals surface area (Å²) in [5.41, 5.74) is 0. The van der Waals surface area contributed by atoms with E-state index in [1.54, 1.807) is 12.1 Å². The molecule has 0 aliphatic carbocycles. The summed E-state index contributed by atoms with van der Waals surface area (Å²) in [5, 5.41) is 0. The van der Waals surface area contributed by atoms with E-state index < -0.39 is 0 Å². The Morgan fingerprint density at radius 2 is 2.30 bits per heavy atom. The monoisotopic (exact) mass is 138 g/mol. The lowest BCUT2D eigenvalue weighted by molar-refractivity contribution is 0.429. The second-order valence-corrected chi connectivity index (χ2v) is 1.74. The van der Waals surface area contributed by atoms with Gasteiger partial charge in [0.25, 0.3) is 0 Å². The zero-order chi connectivity index (χ0) is 7.40. The molecule has 0 saturated carbocycles. The maximum Gasteiger partial charge on any atom is 0.180 e. The molecule has 0 spiro atoms. The predicted octanol–water partition coefficient (Wildman–Crippen LogP) is 2.20. The Morgan fingerprint density at radius 1 is 1.50 bits per heavy atom. The molecule has 1 rings (SSSR count). The van der Waals surface area contributed by atoms with Crippen molar-refractivity contribution in [3.8, 4) is 5.75 Å². The lowest BCUT2D eigenvalue weighted by Gasteiger charge is -1.94. The summed E-state index contributed by atoms with van der Waals surface area (Å²) in [5.74, 6) is 0.161. The van der Waals surface area contributed by atoms with Crippen molar-refractivity contribution in [2.75, 3.05) is 0 Å². The molecular weight excluding hydrogens is 131 g/mol. The Kier molecular flexibility index (Phi) is 2.15. The minimum absolute atomic E-state index is 0.306. The van der Waals surface area contributed by atoms with Crippen LogP contribution in [0, 0.1) is 19.3 Å². The van der Waals surface area contributed by atoms with Crippen LogP contribution in [0.2, 0.25) is 0 Å². The smallest absolute Gasteiger partial charge is 0.180 e. The van der Waals surface area contributed by atoms with Gasteiger partial charge in [-0.25, -0.2) is 4.39 Å². The van der Waals surface area contributed by atoms with Crippen LogP contribution in [0.15, 0.2) is 24.3 Å². The molecule has 1 aromatic carbocycles. The molecule has 2 heteroatoms. The molecule has 1 nitrogen and oxygen atoms in total. The zero-order valence-electron chi connectivity index (χ0n) is 5.38. The fraction of sp³-hybridized carbons (Fsp3) is 0. The molecule has 52 valence electrons. The van der Waals surface area contributed by atoms with Gasteiger partial charge in [-0.15, -0.1) is 6.92 Å². The van der Waals surface area contributed by atoms with E-state index in [0.29, 0.717) is 5.75 Å². The first-order valence-corrected chi connectivity index (χ1v) is 2.86. The molecule has 0 aromatic heterocycles. The van der Waals surface area contributed by atoms with E-state index in [0.717, 1.165) is 0 Å². The van der Waals surface area contributed by atoms with E-state index in [-0.39, 0.29) is 5.82 Å². The lowest BCUT2D eigenvalue weighted by Crippen LogP contribution is -1.85. The van der Waals surface area contributed by atoms with Crippen molar-refractivity contribution in [1.82, 2.24) is 0 Å². The van der Waals surface area contributed by atoms with Crippen LogP contribution in [0.3, 0.4) is 0 Å². The molecule has 0 saturated heterocycles. The van der Waals surface area contributed by atoms with Crippen LogP contribution in [-0.4, -0.2) is 0 Å². The first-order chi connectivity index (χ1) is 4.83. The van der Waals surface area contributed by atoms with Crippen molar-refractivity contribution in [2.24, 2.45) is 0 Å². The van der Waals surface area contributed by atoms with Gasteiger partial charge < -0.3 is 4.74 Å². The number of halogens is 1. The van der Waals surface area contributed by atoms with Gasteiger partial charge in [-0.1, -0.05) is 6.07 Å². The third-order valence-electron chi connectivity index (χ3n) is 1.02. The molecule has 0 radical (unpaired) electrons. The number of ether oxygens (including phenoxy) is 1. The highest BCUT2D eigenvalue weighted by Gasteiger charge is 1.95. The van der Waals surface area contributed by atoms with Crippen molar-refractivity contribution in [3.05, 3.63) is 43.6 Å². The standard InChI is InChI=1S/C8H7FO/c1-2-10-8-5-3-4-7(9)6-8/h2-6H,1H2. The van der Waals surface area contributed by atoms with Crippen molar-refractivity contribution in [3.63, 3.8) is 0 Å². The van der Waals surface area contributed by atoms with Crippen molar-refractivity contribution < 1.29 is 9.13 Å². The topological polar surface area (TPSA) is 9.23 Å². The van der Waals surface area contributed by atoms with Crippen LogP contribution in [0.5, 0.6) is 5.75 Å². The number of rotatable bonds is 2. The summed E-state index contributed by atoms with van der Waals surface area (Å²) in [6.45, 7) is 4.60. The summed E-state index contributed by atoms with van der Waals surface area (Å²) in [4.78, 5) is 0. The van der Waals surface area contributed by atoms with Gasteiger partial charge in [0.05, 0.1) is 0 Å². The molecular formula is C8H7FO. The van der Waals surface area contributed by atoms with Crippen LogP contribution in [0.25, 0.3) is 0 Å². The number of benzene rings is 1. The maximum atomic E-state index is 12.4. The summed E-state index contributed by atoms with van der Waals surface area (Å²) in [7, 11) is 0. The molecule has 0 atom stereocenters. The van der Waals surface area contributed by atoms with Gasteiger partial charge in [0.2, 0.25) is 0 Å². The summed E-state index contributed by atoms with van der Waals surface area (Å²) >= 11 is 0. The van der Waals surface area contributed by atoms with Crippen LogP contribution in [0.4, 0.5) is 4.39 Å². The van der Waals surface area contributed by atoms with Crippen molar-refractivity contribution >= 4 is 0 Å². The van der Waals surface area contributed by atoms with Gasteiger partial charge in [0.15, 0.2) is 5.75 Å². The summed E-state index contributed by atoms with van der Waals surface area (Å²) in [6.07, 6.45) is 0. The largest absolute Gasteiger partial charge is 0.343 e. The Labute approximate surface area is 59.4 Å². The first kappa shape index (κ1) is 6.93. The lowest BCUT2D eigenvalue weighted by atomic mass is 10.3. The van der Waals surface area contributed by atoms with Gasteiger partial charge in [0, 0.05) is 6.07 Å². The highest BCUT2D eigenvalue weighted by molar-refractivity contribution is 5.22. The van der Waals surface area contributed by atoms with E-state index in [9.17, 15) is 4.39 Å². The third kappa shape index (κ3) is 1.65. The van der Waals surface area contributed by atoms with E-state index in [1.807, 2.05) is 0 Å². The zero-order valence-corrected chi connectivity index (χ0v) is 5.38. The quantitative estimate of drug-likeness (QED) is 0.569. The van der Waals surface area contributed by atoms with Gasteiger partial charge in [0.1, 0.15) is 12.4 Å². The Hall–Kier alpha value is -1.18. The maximum absolute atomic E-state index is 12.4. The highest BCUT2D eigenvalue weighted by Crippen LogP contribution is 2.11. The van der Waals surface area contributed by atoms with Gasteiger partial charge >= 0.3 is 0 Å². The van der Waals surface area contributed by atoms with Crippen LogP contribution < -0.4 is 4.74 Å². The van der Waals surface area contributed by atoms with E-state index >= 15 is 0 Å². The number of hydrogen-bond donors (Lipinski definition) is 0. The van der Waals surface area contributed by atoms with Crippen molar-refractivity contribution in [2.45, 2.75) is 0 Å². The molecule has 0 aliphatic heterocycles. The summed E-state index contributed by atoms with van der Waals surface area (Å²) in [6, 6.07) is 5.89. The minimum atomic E-state index is -0.306.